The van der Waals surface area contributed by atoms with E-state index in [2.05, 4.69) is 4.72 Å². The van der Waals surface area contributed by atoms with E-state index in [0.29, 0.717) is 12.0 Å². The predicted molar refractivity (Wildman–Crippen MR) is 80.2 cm³/mol. The second kappa shape index (κ2) is 6.49. The zero-order valence-electron chi connectivity index (χ0n) is 11.1. The average molecular weight is 311 g/mol. The third kappa shape index (κ3) is 3.67. The normalized spacial score (nSPS) is 13.3. The summed E-state index contributed by atoms with van der Waals surface area (Å²) < 4.78 is 27.3. The first-order valence-electron chi connectivity index (χ1n) is 6.26. The highest BCUT2D eigenvalue weighted by Crippen LogP contribution is 2.17. The molecule has 0 aliphatic rings. The quantitative estimate of drug-likeness (QED) is 0.859. The number of hydrogen-bond acceptors (Lipinski definition) is 4. The molecule has 4 nitrogen and oxygen atoms in total. The van der Waals surface area contributed by atoms with Crippen LogP contribution in [0.15, 0.2) is 46.7 Å². The maximum Gasteiger partial charge on any atom is 0.241 e. The summed E-state index contributed by atoms with van der Waals surface area (Å²) in [5.41, 5.74) is 0.406. The van der Waals surface area contributed by atoms with Crippen molar-refractivity contribution in [2.24, 2.45) is 0 Å². The highest BCUT2D eigenvalue weighted by atomic mass is 32.2. The standard InChI is InChI=1S/C14H17NO3S2/c1-11(9-13-6-4-8-19-13)15-20(17,18)14-7-3-2-5-12(14)10-16/h2-8,11,15-16H,9-10H2,1H3. The number of benzene rings is 1. The Kier molecular flexibility index (Phi) is 4.93. The monoisotopic (exact) mass is 311 g/mol. The zero-order chi connectivity index (χ0) is 14.6. The summed E-state index contributed by atoms with van der Waals surface area (Å²) in [7, 11) is -3.61. The highest BCUT2D eigenvalue weighted by molar-refractivity contribution is 7.89. The Labute approximate surface area is 123 Å². The Morgan fingerprint density at radius 3 is 2.65 bits per heavy atom. The van der Waals surface area contributed by atoms with E-state index in [0.717, 1.165) is 4.88 Å². The number of aliphatic hydroxyl groups excluding tert-OH is 1. The van der Waals surface area contributed by atoms with Gasteiger partial charge in [0.1, 0.15) is 0 Å². The molecule has 1 atom stereocenters. The average Bonchev–Trinajstić information content (AvgIpc) is 2.90. The molecule has 1 heterocycles. The van der Waals surface area contributed by atoms with Gasteiger partial charge in [0.25, 0.3) is 0 Å². The summed E-state index contributed by atoms with van der Waals surface area (Å²) in [6.07, 6.45) is 0.651. The molecule has 2 aromatic rings. The first-order valence-corrected chi connectivity index (χ1v) is 8.62. The molecule has 0 saturated carbocycles. The first-order chi connectivity index (χ1) is 9.53. The summed E-state index contributed by atoms with van der Waals surface area (Å²) in [6.45, 7) is 1.54. The van der Waals surface area contributed by atoms with Crippen molar-refractivity contribution >= 4 is 21.4 Å². The van der Waals surface area contributed by atoms with E-state index >= 15 is 0 Å². The maximum absolute atomic E-state index is 12.3. The van der Waals surface area contributed by atoms with Crippen LogP contribution >= 0.6 is 11.3 Å². The van der Waals surface area contributed by atoms with E-state index in [1.807, 2.05) is 24.4 Å². The Balaban J connectivity index is 2.14. The SMILES string of the molecule is CC(Cc1cccs1)NS(=O)(=O)c1ccccc1CO. The van der Waals surface area contributed by atoms with Gasteiger partial charge in [-0.25, -0.2) is 13.1 Å². The van der Waals surface area contributed by atoms with Gasteiger partial charge < -0.3 is 5.11 Å². The van der Waals surface area contributed by atoms with Gasteiger partial charge >= 0.3 is 0 Å². The van der Waals surface area contributed by atoms with Crippen LogP contribution < -0.4 is 4.72 Å². The van der Waals surface area contributed by atoms with Crippen molar-refractivity contribution in [2.45, 2.75) is 30.9 Å². The smallest absolute Gasteiger partial charge is 0.241 e. The van der Waals surface area contributed by atoms with Crippen LogP contribution in [0.3, 0.4) is 0 Å². The number of sulfonamides is 1. The summed E-state index contributed by atoms with van der Waals surface area (Å²) >= 11 is 1.61. The van der Waals surface area contributed by atoms with Crippen LogP contribution in [0.25, 0.3) is 0 Å². The molecule has 0 fully saturated rings. The third-order valence-electron chi connectivity index (χ3n) is 2.88. The number of hydrogen-bond donors (Lipinski definition) is 2. The van der Waals surface area contributed by atoms with Crippen LogP contribution in [0.5, 0.6) is 0 Å². The number of nitrogens with one attached hydrogen (secondary N) is 1. The van der Waals surface area contributed by atoms with Crippen molar-refractivity contribution < 1.29 is 13.5 Å². The van der Waals surface area contributed by atoms with Gasteiger partial charge in [0.05, 0.1) is 11.5 Å². The predicted octanol–water partition coefficient (Wildman–Crippen LogP) is 2.15. The topological polar surface area (TPSA) is 66.4 Å². The van der Waals surface area contributed by atoms with Crippen molar-refractivity contribution in [2.75, 3.05) is 0 Å². The molecule has 2 N–H and O–H groups in total. The Morgan fingerprint density at radius 1 is 1.25 bits per heavy atom. The van der Waals surface area contributed by atoms with Crippen molar-refractivity contribution in [3.8, 4) is 0 Å². The molecule has 0 amide bonds. The van der Waals surface area contributed by atoms with Crippen LogP contribution in [0.1, 0.15) is 17.4 Å². The Bertz CT molecular complexity index is 651. The van der Waals surface area contributed by atoms with Crippen LogP contribution in [-0.4, -0.2) is 19.6 Å². The van der Waals surface area contributed by atoms with E-state index in [1.165, 1.54) is 6.07 Å². The number of rotatable bonds is 6. The van der Waals surface area contributed by atoms with Gasteiger partial charge in [0.15, 0.2) is 0 Å². The summed E-state index contributed by atoms with van der Waals surface area (Å²) in [4.78, 5) is 1.27. The Hall–Kier alpha value is -1.21. The van der Waals surface area contributed by atoms with Crippen LogP contribution in [-0.2, 0) is 23.1 Å². The molecule has 0 bridgehead atoms. The molecule has 1 aromatic carbocycles. The lowest BCUT2D eigenvalue weighted by atomic mass is 10.2. The van der Waals surface area contributed by atoms with Crippen molar-refractivity contribution in [3.63, 3.8) is 0 Å². The second-order valence-corrected chi connectivity index (χ2v) is 7.29. The summed E-state index contributed by atoms with van der Waals surface area (Å²) in [6, 6.07) is 10.2. The molecule has 1 unspecified atom stereocenters. The van der Waals surface area contributed by atoms with Crippen molar-refractivity contribution in [3.05, 3.63) is 52.2 Å². The molecule has 20 heavy (non-hydrogen) atoms. The molecule has 6 heteroatoms. The fourth-order valence-corrected chi connectivity index (χ4v) is 4.31. The lowest BCUT2D eigenvalue weighted by Gasteiger charge is -2.15. The van der Waals surface area contributed by atoms with Crippen molar-refractivity contribution in [1.29, 1.82) is 0 Å². The van der Waals surface area contributed by atoms with Crippen LogP contribution in [0.4, 0.5) is 0 Å². The summed E-state index contributed by atoms with van der Waals surface area (Å²) in [5.74, 6) is 0. The van der Waals surface area contributed by atoms with Gasteiger partial charge in [0.2, 0.25) is 10.0 Å². The molecular formula is C14H17NO3S2. The molecule has 108 valence electrons. The molecule has 0 saturated heterocycles. The van der Waals surface area contributed by atoms with E-state index in [-0.39, 0.29) is 17.5 Å². The minimum absolute atomic E-state index is 0.139. The minimum Gasteiger partial charge on any atom is -0.392 e. The van der Waals surface area contributed by atoms with Gasteiger partial charge in [-0.05, 0) is 36.4 Å². The zero-order valence-corrected chi connectivity index (χ0v) is 12.7. The highest BCUT2D eigenvalue weighted by Gasteiger charge is 2.20. The minimum atomic E-state index is -3.61. The molecule has 0 aliphatic carbocycles. The maximum atomic E-state index is 12.3. The molecule has 1 aromatic heterocycles. The van der Waals surface area contributed by atoms with E-state index < -0.39 is 10.0 Å². The fraction of sp³-hybridized carbons (Fsp3) is 0.286. The second-order valence-electron chi connectivity index (χ2n) is 4.57. The van der Waals surface area contributed by atoms with Gasteiger partial charge in [-0.3, -0.25) is 0 Å². The number of aliphatic hydroxyl groups is 1. The van der Waals surface area contributed by atoms with E-state index in [9.17, 15) is 13.5 Å². The molecule has 2 rings (SSSR count). The summed E-state index contributed by atoms with van der Waals surface area (Å²) in [5, 5.41) is 11.2. The van der Waals surface area contributed by atoms with Gasteiger partial charge in [-0.15, -0.1) is 11.3 Å². The Morgan fingerprint density at radius 2 is 2.00 bits per heavy atom. The largest absolute Gasteiger partial charge is 0.392 e. The van der Waals surface area contributed by atoms with Gasteiger partial charge in [-0.1, -0.05) is 24.3 Å². The fourth-order valence-electron chi connectivity index (χ4n) is 2.00. The van der Waals surface area contributed by atoms with Gasteiger partial charge in [-0.2, -0.15) is 0 Å². The lowest BCUT2D eigenvalue weighted by molar-refractivity contribution is 0.278. The molecule has 0 spiro atoms. The number of thiophene rings is 1. The third-order valence-corrected chi connectivity index (χ3v) is 5.46. The van der Waals surface area contributed by atoms with E-state index in [4.69, 9.17) is 0 Å². The van der Waals surface area contributed by atoms with E-state index in [1.54, 1.807) is 29.5 Å². The van der Waals surface area contributed by atoms with Crippen molar-refractivity contribution in [1.82, 2.24) is 4.72 Å². The molecule has 0 aliphatic heterocycles. The molecule has 0 radical (unpaired) electrons. The van der Waals surface area contributed by atoms with Gasteiger partial charge in [0, 0.05) is 10.9 Å². The van der Waals surface area contributed by atoms with Crippen LogP contribution in [0.2, 0.25) is 0 Å². The molecular weight excluding hydrogens is 294 g/mol. The first kappa shape index (κ1) is 15.2. The lowest BCUT2D eigenvalue weighted by Crippen LogP contribution is -2.34. The van der Waals surface area contributed by atoms with Crippen LogP contribution in [0, 0.1) is 0 Å².